The van der Waals surface area contributed by atoms with E-state index in [1.54, 1.807) is 18.3 Å². The Morgan fingerprint density at radius 1 is 1.65 bits per heavy atom. The van der Waals surface area contributed by atoms with Gasteiger partial charge in [0.25, 0.3) is 0 Å². The molecule has 1 saturated carbocycles. The van der Waals surface area contributed by atoms with Gasteiger partial charge in [0.2, 0.25) is 0 Å². The molecule has 4 heteroatoms. The van der Waals surface area contributed by atoms with Gasteiger partial charge in [-0.15, -0.1) is 0 Å². The molecule has 1 N–H and O–H groups in total. The minimum Gasteiger partial charge on any atom is -0.465 e. The van der Waals surface area contributed by atoms with E-state index in [0.717, 1.165) is 12.5 Å². The lowest BCUT2D eigenvalue weighted by molar-refractivity contribution is 0.0601. The summed E-state index contributed by atoms with van der Waals surface area (Å²) in [7, 11) is 1.38. The predicted octanol–water partition coefficient (Wildman–Crippen LogP) is 2.33. The van der Waals surface area contributed by atoms with E-state index in [-0.39, 0.29) is 5.97 Å². The van der Waals surface area contributed by atoms with Crippen molar-refractivity contribution >= 4 is 11.8 Å². The van der Waals surface area contributed by atoms with E-state index >= 15 is 0 Å². The van der Waals surface area contributed by atoms with Gasteiger partial charge in [-0.05, 0) is 36.8 Å². The summed E-state index contributed by atoms with van der Waals surface area (Å²) in [5, 5.41) is 3.24. The number of hydrogen-bond acceptors (Lipinski definition) is 4. The fourth-order valence-electron chi connectivity index (χ4n) is 1.91. The summed E-state index contributed by atoms with van der Waals surface area (Å²) in [6, 6.07) is 3.46. The molecule has 1 atom stereocenters. The number of pyridine rings is 1. The number of hydrogen-bond donors (Lipinski definition) is 1. The van der Waals surface area contributed by atoms with E-state index < -0.39 is 0 Å². The average Bonchev–Trinajstić information content (AvgIpc) is 3.19. The maximum absolute atomic E-state index is 11.5. The number of carbonyl (C=O) groups is 1. The Morgan fingerprint density at radius 3 is 3.06 bits per heavy atom. The van der Waals surface area contributed by atoms with Crippen molar-refractivity contribution in [2.45, 2.75) is 19.8 Å². The van der Waals surface area contributed by atoms with E-state index in [2.05, 4.69) is 17.2 Å². The Bertz CT molecular complexity index is 402. The van der Waals surface area contributed by atoms with Gasteiger partial charge in [-0.1, -0.05) is 6.92 Å². The van der Waals surface area contributed by atoms with Gasteiger partial charge in [0.1, 0.15) is 11.4 Å². The summed E-state index contributed by atoms with van der Waals surface area (Å²) in [5.41, 5.74) is 0.498. The maximum atomic E-state index is 11.5. The molecular weight excluding hydrogens is 216 g/mol. The highest BCUT2D eigenvalue weighted by Crippen LogP contribution is 2.36. The molecule has 0 spiro atoms. The van der Waals surface area contributed by atoms with Crippen LogP contribution in [0.2, 0.25) is 0 Å². The predicted molar refractivity (Wildman–Crippen MR) is 66.0 cm³/mol. The molecule has 0 aromatic carbocycles. The molecule has 0 aliphatic heterocycles. The fraction of sp³-hybridized carbons (Fsp3) is 0.538. The lowest BCUT2D eigenvalue weighted by Gasteiger charge is -2.13. The van der Waals surface area contributed by atoms with Gasteiger partial charge in [0.15, 0.2) is 0 Å². The third kappa shape index (κ3) is 2.96. The number of esters is 1. The van der Waals surface area contributed by atoms with Crippen molar-refractivity contribution in [3.05, 3.63) is 23.9 Å². The molecule has 0 radical (unpaired) electrons. The molecular formula is C13H18N2O2. The van der Waals surface area contributed by atoms with Crippen LogP contribution in [0.5, 0.6) is 0 Å². The summed E-state index contributed by atoms with van der Waals surface area (Å²) in [6.45, 7) is 3.08. The molecule has 0 saturated heterocycles. The van der Waals surface area contributed by atoms with Crippen molar-refractivity contribution in [2.24, 2.45) is 11.8 Å². The molecule has 1 fully saturated rings. The summed E-state index contributed by atoms with van der Waals surface area (Å²) in [4.78, 5) is 15.7. The van der Waals surface area contributed by atoms with Gasteiger partial charge in [-0.2, -0.15) is 0 Å². The van der Waals surface area contributed by atoms with Crippen molar-refractivity contribution in [3.63, 3.8) is 0 Å². The van der Waals surface area contributed by atoms with Gasteiger partial charge in [-0.25, -0.2) is 9.78 Å². The second-order valence-electron chi connectivity index (χ2n) is 4.59. The maximum Gasteiger partial charge on any atom is 0.341 e. The molecule has 1 unspecified atom stereocenters. The molecule has 92 valence electrons. The van der Waals surface area contributed by atoms with E-state index in [0.29, 0.717) is 17.3 Å². The Balaban J connectivity index is 2.01. The molecule has 1 aromatic rings. The normalized spacial score (nSPS) is 16.4. The highest BCUT2D eigenvalue weighted by Gasteiger charge is 2.27. The Kier molecular flexibility index (Phi) is 3.61. The highest BCUT2D eigenvalue weighted by atomic mass is 16.5. The number of anilines is 1. The number of nitrogens with zero attached hydrogens (tertiary/aromatic N) is 1. The number of rotatable bonds is 5. The summed E-state index contributed by atoms with van der Waals surface area (Å²) in [5.74, 6) is 1.74. The lowest BCUT2D eigenvalue weighted by Crippen LogP contribution is -2.16. The number of carbonyl (C=O) groups excluding carboxylic acids is 1. The molecule has 17 heavy (non-hydrogen) atoms. The van der Waals surface area contributed by atoms with E-state index in [1.165, 1.54) is 20.0 Å². The van der Waals surface area contributed by atoms with Gasteiger partial charge in [-0.3, -0.25) is 0 Å². The molecule has 1 heterocycles. The first kappa shape index (κ1) is 11.9. The van der Waals surface area contributed by atoms with Gasteiger partial charge >= 0.3 is 5.97 Å². The standard InChI is InChI=1S/C13H18N2O2/c1-9(10-5-6-10)8-15-12-11(13(16)17-2)4-3-7-14-12/h3-4,7,9-10H,5-6,8H2,1-2H3,(H,14,15). The minimum absolute atomic E-state index is 0.348. The van der Waals surface area contributed by atoms with Crippen LogP contribution < -0.4 is 5.32 Å². The summed E-state index contributed by atoms with van der Waals surface area (Å²) >= 11 is 0. The monoisotopic (exact) mass is 234 g/mol. The molecule has 1 aromatic heterocycles. The van der Waals surface area contributed by atoms with Crippen molar-refractivity contribution in [1.82, 2.24) is 4.98 Å². The molecule has 2 rings (SSSR count). The van der Waals surface area contributed by atoms with Crippen LogP contribution >= 0.6 is 0 Å². The second kappa shape index (κ2) is 5.17. The molecule has 0 amide bonds. The molecule has 0 bridgehead atoms. The Labute approximate surface area is 101 Å². The third-order valence-electron chi connectivity index (χ3n) is 3.23. The van der Waals surface area contributed by atoms with Crippen LogP contribution in [0.3, 0.4) is 0 Å². The van der Waals surface area contributed by atoms with Crippen LogP contribution in [0.4, 0.5) is 5.82 Å². The molecule has 4 nitrogen and oxygen atoms in total. The van der Waals surface area contributed by atoms with E-state index in [9.17, 15) is 4.79 Å². The minimum atomic E-state index is -0.348. The summed E-state index contributed by atoms with van der Waals surface area (Å²) in [6.07, 6.45) is 4.33. The zero-order valence-corrected chi connectivity index (χ0v) is 10.3. The van der Waals surface area contributed by atoms with Crippen molar-refractivity contribution in [2.75, 3.05) is 19.0 Å². The van der Waals surface area contributed by atoms with Crippen LogP contribution in [0.1, 0.15) is 30.1 Å². The Hall–Kier alpha value is -1.58. The highest BCUT2D eigenvalue weighted by molar-refractivity contribution is 5.94. The SMILES string of the molecule is COC(=O)c1cccnc1NCC(C)C1CC1. The molecule has 1 aliphatic carbocycles. The average molecular weight is 234 g/mol. The second-order valence-corrected chi connectivity index (χ2v) is 4.59. The fourth-order valence-corrected chi connectivity index (χ4v) is 1.91. The zero-order chi connectivity index (χ0) is 12.3. The van der Waals surface area contributed by atoms with Crippen molar-refractivity contribution in [3.8, 4) is 0 Å². The first-order valence-electron chi connectivity index (χ1n) is 5.99. The summed E-state index contributed by atoms with van der Waals surface area (Å²) < 4.78 is 4.72. The van der Waals surface area contributed by atoms with Gasteiger partial charge < -0.3 is 10.1 Å². The van der Waals surface area contributed by atoms with Crippen LogP contribution in [0.25, 0.3) is 0 Å². The van der Waals surface area contributed by atoms with Gasteiger partial charge in [0, 0.05) is 12.7 Å². The number of ether oxygens (including phenoxy) is 1. The van der Waals surface area contributed by atoms with Gasteiger partial charge in [0.05, 0.1) is 7.11 Å². The largest absolute Gasteiger partial charge is 0.465 e. The van der Waals surface area contributed by atoms with Crippen LogP contribution in [0.15, 0.2) is 18.3 Å². The topological polar surface area (TPSA) is 51.2 Å². The van der Waals surface area contributed by atoms with Crippen LogP contribution in [-0.4, -0.2) is 24.6 Å². The third-order valence-corrected chi connectivity index (χ3v) is 3.23. The van der Waals surface area contributed by atoms with Crippen LogP contribution in [-0.2, 0) is 4.74 Å². The quantitative estimate of drug-likeness (QED) is 0.794. The smallest absolute Gasteiger partial charge is 0.341 e. The van der Waals surface area contributed by atoms with Crippen LogP contribution in [0, 0.1) is 11.8 Å². The first-order chi connectivity index (χ1) is 8.22. The number of methoxy groups -OCH3 is 1. The van der Waals surface area contributed by atoms with Crippen molar-refractivity contribution in [1.29, 1.82) is 0 Å². The van der Waals surface area contributed by atoms with E-state index in [1.807, 2.05) is 0 Å². The van der Waals surface area contributed by atoms with E-state index in [4.69, 9.17) is 4.74 Å². The Morgan fingerprint density at radius 2 is 2.41 bits per heavy atom. The number of nitrogens with one attached hydrogen (secondary N) is 1. The zero-order valence-electron chi connectivity index (χ0n) is 10.3. The first-order valence-corrected chi connectivity index (χ1v) is 5.99. The lowest BCUT2D eigenvalue weighted by atomic mass is 10.1. The molecule has 1 aliphatic rings. The van der Waals surface area contributed by atoms with Crippen molar-refractivity contribution < 1.29 is 9.53 Å². The number of aromatic nitrogens is 1.